The molecule has 0 radical (unpaired) electrons. The lowest BCUT2D eigenvalue weighted by molar-refractivity contribution is -0.140. The molecule has 9 heteroatoms. The number of carbonyl (C=O) groups excluding carboxylic acids is 1. The van der Waals surface area contributed by atoms with E-state index in [1.54, 1.807) is 24.3 Å². The number of aryl methyl sites for hydroxylation is 2. The Kier molecular flexibility index (Phi) is 6.79. The lowest BCUT2D eigenvalue weighted by Gasteiger charge is -2.30. The van der Waals surface area contributed by atoms with Crippen LogP contribution in [-0.2, 0) is 12.6 Å². The minimum absolute atomic E-state index is 0.0129. The van der Waals surface area contributed by atoms with E-state index in [1.807, 2.05) is 19.1 Å². The van der Waals surface area contributed by atoms with Gasteiger partial charge in [-0.2, -0.15) is 13.2 Å². The van der Waals surface area contributed by atoms with Crippen LogP contribution in [0.1, 0.15) is 66.5 Å². The number of amides is 1. The highest BCUT2D eigenvalue weighted by atomic mass is 19.4. The Labute approximate surface area is 213 Å². The Bertz CT molecular complexity index is 1440. The van der Waals surface area contributed by atoms with Gasteiger partial charge in [-0.05, 0) is 68.9 Å². The van der Waals surface area contributed by atoms with Gasteiger partial charge >= 0.3 is 6.18 Å². The standard InChI is InChI=1S/C28H30F3N5O/c1-3-6-25-35-23-14-17(13-16(2)26(23)36-25)27(37)33-19-11-9-18(10-12-19)32-22-15-24(28(29,30)31)34-21-8-5-4-7-20(21)22/h4-5,7-8,13-15,18-19H,3,6,9-12H2,1-2H3,(H,32,34)(H,33,37)(H,35,36). The van der Waals surface area contributed by atoms with Crippen molar-refractivity contribution >= 4 is 33.5 Å². The van der Waals surface area contributed by atoms with Gasteiger partial charge in [-0.25, -0.2) is 9.97 Å². The first-order valence-electron chi connectivity index (χ1n) is 12.7. The van der Waals surface area contributed by atoms with Crippen molar-refractivity contribution in [2.45, 2.75) is 70.6 Å². The van der Waals surface area contributed by atoms with Gasteiger partial charge in [-0.3, -0.25) is 4.79 Å². The third-order valence-electron chi connectivity index (χ3n) is 7.00. The summed E-state index contributed by atoms with van der Waals surface area (Å²) in [6, 6.07) is 11.7. The van der Waals surface area contributed by atoms with E-state index in [4.69, 9.17) is 0 Å². The van der Waals surface area contributed by atoms with Crippen LogP contribution in [0.4, 0.5) is 18.9 Å². The van der Waals surface area contributed by atoms with E-state index in [-0.39, 0.29) is 18.0 Å². The van der Waals surface area contributed by atoms with Crippen LogP contribution in [0.3, 0.4) is 0 Å². The molecule has 0 unspecified atom stereocenters. The zero-order valence-electron chi connectivity index (χ0n) is 20.9. The van der Waals surface area contributed by atoms with Crippen molar-refractivity contribution in [2.24, 2.45) is 0 Å². The van der Waals surface area contributed by atoms with Gasteiger partial charge in [-0.15, -0.1) is 0 Å². The summed E-state index contributed by atoms with van der Waals surface area (Å²) < 4.78 is 40.2. The van der Waals surface area contributed by atoms with Gasteiger partial charge < -0.3 is 15.6 Å². The highest BCUT2D eigenvalue weighted by Crippen LogP contribution is 2.34. The number of H-pyrrole nitrogens is 1. The normalized spacial score (nSPS) is 18.3. The Morgan fingerprint density at radius 1 is 1.05 bits per heavy atom. The molecular formula is C28H30F3N5O. The first kappa shape index (κ1) is 25.0. The van der Waals surface area contributed by atoms with Crippen molar-refractivity contribution in [2.75, 3.05) is 5.32 Å². The Morgan fingerprint density at radius 2 is 1.78 bits per heavy atom. The van der Waals surface area contributed by atoms with Crippen LogP contribution in [0, 0.1) is 6.92 Å². The molecule has 1 amide bonds. The monoisotopic (exact) mass is 509 g/mol. The van der Waals surface area contributed by atoms with Gasteiger partial charge in [-0.1, -0.05) is 25.1 Å². The van der Waals surface area contributed by atoms with Crippen molar-refractivity contribution < 1.29 is 18.0 Å². The lowest BCUT2D eigenvalue weighted by Crippen LogP contribution is -2.40. The van der Waals surface area contributed by atoms with E-state index < -0.39 is 11.9 Å². The first-order chi connectivity index (χ1) is 17.7. The molecule has 0 atom stereocenters. The van der Waals surface area contributed by atoms with E-state index in [2.05, 4.69) is 32.5 Å². The van der Waals surface area contributed by atoms with Crippen LogP contribution in [0.15, 0.2) is 42.5 Å². The Hall–Kier alpha value is -3.62. The number of para-hydroxylation sites is 1. The molecule has 0 bridgehead atoms. The molecule has 0 saturated heterocycles. The van der Waals surface area contributed by atoms with E-state index >= 15 is 0 Å². The Morgan fingerprint density at radius 3 is 2.51 bits per heavy atom. The molecule has 6 nitrogen and oxygen atoms in total. The SMILES string of the molecule is CCCc1nc2c(C)cc(C(=O)NC3CCC(Nc4cc(C(F)(F)F)nc5ccccc45)CC3)cc2[nH]1. The van der Waals surface area contributed by atoms with Crippen molar-refractivity contribution in [1.29, 1.82) is 0 Å². The van der Waals surface area contributed by atoms with Crippen molar-refractivity contribution in [1.82, 2.24) is 20.3 Å². The molecular weight excluding hydrogens is 479 g/mol. The highest BCUT2D eigenvalue weighted by molar-refractivity contribution is 5.98. The number of nitrogens with zero attached hydrogens (tertiary/aromatic N) is 2. The van der Waals surface area contributed by atoms with E-state index in [0.29, 0.717) is 22.2 Å². The number of benzene rings is 2. The summed E-state index contributed by atoms with van der Waals surface area (Å²) in [6.07, 6.45) is 0.292. The summed E-state index contributed by atoms with van der Waals surface area (Å²) in [5, 5.41) is 7.13. The average Bonchev–Trinajstić information content (AvgIpc) is 3.28. The largest absolute Gasteiger partial charge is 0.433 e. The summed E-state index contributed by atoms with van der Waals surface area (Å²) in [5.41, 5.74) is 3.16. The van der Waals surface area contributed by atoms with Gasteiger partial charge in [0.25, 0.3) is 5.91 Å². The number of fused-ring (bicyclic) bond motifs is 2. The molecule has 194 valence electrons. The van der Waals surface area contributed by atoms with Crippen LogP contribution >= 0.6 is 0 Å². The molecule has 1 aliphatic carbocycles. The maximum absolute atomic E-state index is 13.4. The highest BCUT2D eigenvalue weighted by Gasteiger charge is 2.34. The third-order valence-corrected chi connectivity index (χ3v) is 7.00. The fraction of sp³-hybridized carbons (Fsp3) is 0.393. The number of hydrogen-bond acceptors (Lipinski definition) is 4. The summed E-state index contributed by atoms with van der Waals surface area (Å²) >= 11 is 0. The van der Waals surface area contributed by atoms with Gasteiger partial charge in [0.2, 0.25) is 0 Å². The van der Waals surface area contributed by atoms with E-state index in [1.165, 1.54) is 0 Å². The number of anilines is 1. The fourth-order valence-electron chi connectivity index (χ4n) is 5.14. The number of alkyl halides is 3. The quantitative estimate of drug-likeness (QED) is 0.276. The van der Waals surface area contributed by atoms with Crippen LogP contribution in [0.25, 0.3) is 21.9 Å². The molecule has 5 rings (SSSR count). The smallest absolute Gasteiger partial charge is 0.382 e. The molecule has 1 saturated carbocycles. The van der Waals surface area contributed by atoms with Crippen molar-refractivity contribution in [3.05, 3.63) is 65.1 Å². The maximum atomic E-state index is 13.4. The molecule has 1 fully saturated rings. The number of nitrogens with one attached hydrogen (secondary N) is 3. The van der Waals surface area contributed by atoms with Crippen LogP contribution in [-0.4, -0.2) is 32.9 Å². The van der Waals surface area contributed by atoms with Crippen LogP contribution in [0.5, 0.6) is 0 Å². The zero-order chi connectivity index (χ0) is 26.2. The molecule has 0 aliphatic heterocycles. The van der Waals surface area contributed by atoms with E-state index in [9.17, 15) is 18.0 Å². The lowest BCUT2D eigenvalue weighted by atomic mass is 9.90. The van der Waals surface area contributed by atoms with E-state index in [0.717, 1.165) is 67.0 Å². The van der Waals surface area contributed by atoms with Gasteiger partial charge in [0.15, 0.2) is 0 Å². The van der Waals surface area contributed by atoms with Crippen molar-refractivity contribution in [3.8, 4) is 0 Å². The summed E-state index contributed by atoms with van der Waals surface area (Å²) in [4.78, 5) is 24.8. The van der Waals surface area contributed by atoms with Crippen LogP contribution in [0.2, 0.25) is 0 Å². The minimum Gasteiger partial charge on any atom is -0.382 e. The maximum Gasteiger partial charge on any atom is 0.433 e. The Balaban J connectivity index is 1.24. The summed E-state index contributed by atoms with van der Waals surface area (Å²) in [5.74, 6) is 0.802. The van der Waals surface area contributed by atoms with Gasteiger partial charge in [0, 0.05) is 35.1 Å². The number of aromatic nitrogens is 3. The number of carbonyl (C=O) groups is 1. The molecule has 3 N–H and O–H groups in total. The summed E-state index contributed by atoms with van der Waals surface area (Å²) in [7, 11) is 0. The number of aromatic amines is 1. The number of imidazole rings is 1. The number of pyridine rings is 1. The molecule has 2 aromatic heterocycles. The molecule has 4 aromatic rings. The zero-order valence-corrected chi connectivity index (χ0v) is 20.9. The predicted molar refractivity (Wildman–Crippen MR) is 139 cm³/mol. The average molecular weight is 510 g/mol. The molecule has 2 aromatic carbocycles. The molecule has 37 heavy (non-hydrogen) atoms. The predicted octanol–water partition coefficient (Wildman–Crippen LogP) is 6.54. The topological polar surface area (TPSA) is 82.7 Å². The number of halogens is 3. The fourth-order valence-corrected chi connectivity index (χ4v) is 5.14. The number of hydrogen-bond donors (Lipinski definition) is 3. The van der Waals surface area contributed by atoms with Crippen LogP contribution < -0.4 is 10.6 Å². The first-order valence-corrected chi connectivity index (χ1v) is 12.7. The number of rotatable bonds is 6. The minimum atomic E-state index is -4.52. The third kappa shape index (κ3) is 5.40. The molecule has 1 aliphatic rings. The summed E-state index contributed by atoms with van der Waals surface area (Å²) in [6.45, 7) is 4.06. The molecule has 0 spiro atoms. The van der Waals surface area contributed by atoms with Gasteiger partial charge in [0.05, 0.1) is 16.6 Å². The van der Waals surface area contributed by atoms with Gasteiger partial charge in [0.1, 0.15) is 11.5 Å². The second kappa shape index (κ2) is 10.0. The molecule has 2 heterocycles. The second-order valence-electron chi connectivity index (χ2n) is 9.86. The van der Waals surface area contributed by atoms with Crippen molar-refractivity contribution in [3.63, 3.8) is 0 Å². The second-order valence-corrected chi connectivity index (χ2v) is 9.86.